The van der Waals surface area contributed by atoms with Gasteiger partial charge in [-0.3, -0.25) is 0 Å². The molecule has 0 spiro atoms. The second-order valence-electron chi connectivity index (χ2n) is 4.20. The fraction of sp³-hybridized carbons (Fsp3) is 0.455. The smallest absolute Gasteiger partial charge is 0.182 e. The second-order valence-corrected chi connectivity index (χ2v) is 6.20. The molecule has 1 aliphatic heterocycles. The molecule has 1 atom stereocenters. The maximum absolute atomic E-state index is 12.0. The first-order chi connectivity index (χ1) is 7.45. The molecular formula is C11H15NO3S. The van der Waals surface area contributed by atoms with Gasteiger partial charge in [-0.05, 0) is 24.6 Å². The Morgan fingerprint density at radius 2 is 2.19 bits per heavy atom. The highest BCUT2D eigenvalue weighted by molar-refractivity contribution is 7.91. The van der Waals surface area contributed by atoms with Crippen LogP contribution in [0.15, 0.2) is 23.1 Å². The third-order valence-corrected chi connectivity index (χ3v) is 4.82. The minimum Gasteiger partial charge on any atom is -0.394 e. The van der Waals surface area contributed by atoms with Gasteiger partial charge in [-0.25, -0.2) is 8.42 Å². The number of benzene rings is 1. The second kappa shape index (κ2) is 3.75. The number of aliphatic hydroxyl groups excluding tert-OH is 1. The van der Waals surface area contributed by atoms with Gasteiger partial charge in [0, 0.05) is 7.05 Å². The van der Waals surface area contributed by atoms with Crippen molar-refractivity contribution in [3.63, 3.8) is 0 Å². The van der Waals surface area contributed by atoms with Crippen molar-refractivity contribution in [2.75, 3.05) is 24.3 Å². The molecule has 1 aromatic rings. The molecule has 1 unspecified atom stereocenters. The van der Waals surface area contributed by atoms with Gasteiger partial charge in [-0.15, -0.1) is 0 Å². The van der Waals surface area contributed by atoms with Crippen LogP contribution in [0, 0.1) is 6.92 Å². The van der Waals surface area contributed by atoms with E-state index in [-0.39, 0.29) is 18.4 Å². The van der Waals surface area contributed by atoms with Crippen LogP contribution in [0.25, 0.3) is 0 Å². The lowest BCUT2D eigenvalue weighted by Crippen LogP contribution is -2.44. The number of fused-ring (bicyclic) bond motifs is 1. The van der Waals surface area contributed by atoms with Crippen LogP contribution in [0.1, 0.15) is 5.56 Å². The molecule has 2 rings (SSSR count). The van der Waals surface area contributed by atoms with Gasteiger partial charge in [-0.2, -0.15) is 0 Å². The fourth-order valence-corrected chi connectivity index (χ4v) is 3.90. The summed E-state index contributed by atoms with van der Waals surface area (Å²) >= 11 is 0. The number of hydrogen-bond donors (Lipinski definition) is 1. The summed E-state index contributed by atoms with van der Waals surface area (Å²) in [6.45, 7) is 1.72. The van der Waals surface area contributed by atoms with Crippen LogP contribution in [0.3, 0.4) is 0 Å². The summed E-state index contributed by atoms with van der Waals surface area (Å²) in [6.07, 6.45) is 0. The van der Waals surface area contributed by atoms with Gasteiger partial charge < -0.3 is 10.0 Å². The van der Waals surface area contributed by atoms with Crippen LogP contribution in [0.4, 0.5) is 5.69 Å². The number of aliphatic hydroxyl groups is 1. The molecule has 0 aromatic heterocycles. The Morgan fingerprint density at radius 3 is 2.81 bits per heavy atom. The Bertz CT molecular complexity index is 510. The highest BCUT2D eigenvalue weighted by Crippen LogP contribution is 2.32. The Labute approximate surface area is 95.4 Å². The van der Waals surface area contributed by atoms with Gasteiger partial charge in [0.25, 0.3) is 0 Å². The summed E-state index contributed by atoms with van der Waals surface area (Å²) in [6, 6.07) is 5.02. The van der Waals surface area contributed by atoms with Crippen molar-refractivity contribution in [1.29, 1.82) is 0 Å². The number of rotatable bonds is 1. The summed E-state index contributed by atoms with van der Waals surface area (Å²) in [5.74, 6) is -0.0174. The SMILES string of the molecule is Cc1ccc2c(c1)S(=O)(=O)CC(CO)N2C. The van der Waals surface area contributed by atoms with E-state index in [9.17, 15) is 8.42 Å². The zero-order valence-corrected chi connectivity index (χ0v) is 10.2. The number of aryl methyl sites for hydroxylation is 1. The molecule has 4 nitrogen and oxygen atoms in total. The molecule has 0 aliphatic carbocycles. The topological polar surface area (TPSA) is 57.6 Å². The molecule has 16 heavy (non-hydrogen) atoms. The maximum atomic E-state index is 12.0. The Hall–Kier alpha value is -1.07. The molecule has 5 heteroatoms. The van der Waals surface area contributed by atoms with Crippen molar-refractivity contribution >= 4 is 15.5 Å². The van der Waals surface area contributed by atoms with Gasteiger partial charge in [0.15, 0.2) is 9.84 Å². The van der Waals surface area contributed by atoms with Gasteiger partial charge >= 0.3 is 0 Å². The van der Waals surface area contributed by atoms with E-state index in [1.807, 2.05) is 24.9 Å². The largest absolute Gasteiger partial charge is 0.394 e. The first-order valence-corrected chi connectivity index (χ1v) is 6.78. The Morgan fingerprint density at radius 1 is 1.50 bits per heavy atom. The third kappa shape index (κ3) is 1.70. The van der Waals surface area contributed by atoms with Crippen molar-refractivity contribution in [1.82, 2.24) is 0 Å². The zero-order valence-electron chi connectivity index (χ0n) is 9.34. The zero-order chi connectivity index (χ0) is 11.9. The lowest BCUT2D eigenvalue weighted by atomic mass is 10.2. The lowest BCUT2D eigenvalue weighted by Gasteiger charge is -2.34. The van der Waals surface area contributed by atoms with Crippen LogP contribution in [0.5, 0.6) is 0 Å². The first-order valence-electron chi connectivity index (χ1n) is 5.13. The average molecular weight is 241 g/mol. The highest BCUT2D eigenvalue weighted by Gasteiger charge is 2.33. The van der Waals surface area contributed by atoms with E-state index in [0.717, 1.165) is 5.56 Å². The standard InChI is InChI=1S/C11H15NO3S/c1-8-3-4-10-11(5-8)16(14,15)7-9(6-13)12(10)2/h3-5,9,13H,6-7H2,1-2H3. The Kier molecular flexibility index (Phi) is 2.67. The van der Waals surface area contributed by atoms with Crippen molar-refractivity contribution in [3.05, 3.63) is 23.8 Å². The molecule has 0 amide bonds. The van der Waals surface area contributed by atoms with E-state index >= 15 is 0 Å². The molecule has 1 aliphatic rings. The van der Waals surface area contributed by atoms with Crippen LogP contribution < -0.4 is 4.90 Å². The van der Waals surface area contributed by atoms with Crippen LogP contribution in [-0.2, 0) is 9.84 Å². The molecule has 0 radical (unpaired) electrons. The molecule has 88 valence electrons. The number of hydrogen-bond acceptors (Lipinski definition) is 4. The number of likely N-dealkylation sites (N-methyl/N-ethyl adjacent to an activating group) is 1. The van der Waals surface area contributed by atoms with Gasteiger partial charge in [-0.1, -0.05) is 6.07 Å². The van der Waals surface area contributed by atoms with E-state index < -0.39 is 9.84 Å². The van der Waals surface area contributed by atoms with Crippen LogP contribution in [-0.4, -0.2) is 39.0 Å². The summed E-state index contributed by atoms with van der Waals surface area (Å²) in [5, 5.41) is 9.17. The van der Waals surface area contributed by atoms with Crippen LogP contribution in [0.2, 0.25) is 0 Å². The highest BCUT2D eigenvalue weighted by atomic mass is 32.2. The Balaban J connectivity index is 2.63. The molecule has 0 bridgehead atoms. The van der Waals surface area contributed by atoms with Crippen molar-refractivity contribution < 1.29 is 13.5 Å². The average Bonchev–Trinajstić information content (AvgIpc) is 2.23. The van der Waals surface area contributed by atoms with Crippen molar-refractivity contribution in [2.24, 2.45) is 0 Å². The van der Waals surface area contributed by atoms with E-state index in [2.05, 4.69) is 0 Å². The number of nitrogens with zero attached hydrogens (tertiary/aromatic N) is 1. The number of sulfone groups is 1. The predicted molar refractivity (Wildman–Crippen MR) is 62.5 cm³/mol. The van der Waals surface area contributed by atoms with E-state index in [1.54, 1.807) is 12.1 Å². The lowest BCUT2D eigenvalue weighted by molar-refractivity contribution is 0.269. The fourth-order valence-electron chi connectivity index (χ4n) is 1.99. The number of anilines is 1. The third-order valence-electron chi connectivity index (χ3n) is 3.00. The summed E-state index contributed by atoms with van der Waals surface area (Å²) in [7, 11) is -1.45. The molecular weight excluding hydrogens is 226 g/mol. The van der Waals surface area contributed by atoms with Gasteiger partial charge in [0.1, 0.15) is 0 Å². The van der Waals surface area contributed by atoms with E-state index in [4.69, 9.17) is 5.11 Å². The minimum atomic E-state index is -3.26. The minimum absolute atomic E-state index is 0.0174. The molecule has 1 aromatic carbocycles. The van der Waals surface area contributed by atoms with Gasteiger partial charge in [0.05, 0.1) is 29.0 Å². The van der Waals surface area contributed by atoms with Gasteiger partial charge in [0.2, 0.25) is 0 Å². The summed E-state index contributed by atoms with van der Waals surface area (Å²) < 4.78 is 24.0. The normalized spacial score (nSPS) is 22.9. The monoisotopic (exact) mass is 241 g/mol. The quantitative estimate of drug-likeness (QED) is 0.781. The maximum Gasteiger partial charge on any atom is 0.182 e. The van der Waals surface area contributed by atoms with Crippen molar-refractivity contribution in [3.8, 4) is 0 Å². The first kappa shape index (κ1) is 11.4. The summed E-state index contributed by atoms with van der Waals surface area (Å²) in [4.78, 5) is 2.20. The molecule has 0 fully saturated rings. The van der Waals surface area contributed by atoms with Crippen molar-refractivity contribution in [2.45, 2.75) is 17.9 Å². The van der Waals surface area contributed by atoms with E-state index in [1.165, 1.54) is 0 Å². The van der Waals surface area contributed by atoms with E-state index in [0.29, 0.717) is 10.6 Å². The molecule has 0 saturated carbocycles. The molecule has 0 saturated heterocycles. The molecule has 1 heterocycles. The molecule has 1 N–H and O–H groups in total. The summed E-state index contributed by atoms with van der Waals surface area (Å²) in [5.41, 5.74) is 1.61. The predicted octanol–water partition coefficient (Wildman–Crippen LogP) is 0.579. The van der Waals surface area contributed by atoms with Crippen LogP contribution >= 0.6 is 0 Å².